The van der Waals surface area contributed by atoms with E-state index in [0.29, 0.717) is 12.1 Å². The molecule has 10 heteroatoms. The molecule has 0 aliphatic carbocycles. The van der Waals surface area contributed by atoms with Gasteiger partial charge in [-0.25, -0.2) is 4.98 Å². The maximum atomic E-state index is 12.8. The van der Waals surface area contributed by atoms with Gasteiger partial charge in [-0.05, 0) is 31.5 Å². The van der Waals surface area contributed by atoms with Crippen LogP contribution >= 0.6 is 23.4 Å². The molecule has 1 unspecified atom stereocenters. The van der Waals surface area contributed by atoms with Crippen LogP contribution in [0, 0.1) is 0 Å². The van der Waals surface area contributed by atoms with Gasteiger partial charge in [-0.15, -0.1) is 0 Å². The number of anilines is 1. The summed E-state index contributed by atoms with van der Waals surface area (Å²) in [6.07, 6.45) is -3.11. The Morgan fingerprint density at radius 1 is 1.37 bits per heavy atom. The standard InChI is InChI=1S/C17H17ClF3N3O2S/c1-3-4-11-8-14(25)24-16(22-11)27-9(2)15(26)23-13-7-10(17(19,20)21)5-6-12(13)18/h5-9H,3-4H2,1-2H3,(H,23,26)(H,22,24,25). The maximum Gasteiger partial charge on any atom is 0.416 e. The number of carbonyl (C=O) groups is 1. The monoisotopic (exact) mass is 419 g/mol. The van der Waals surface area contributed by atoms with Crippen LogP contribution in [-0.4, -0.2) is 21.1 Å². The maximum absolute atomic E-state index is 12.8. The Morgan fingerprint density at radius 2 is 2.07 bits per heavy atom. The molecule has 1 atom stereocenters. The molecule has 1 aromatic carbocycles. The second kappa shape index (κ2) is 8.79. The predicted octanol–water partition coefficient (Wildman–Crippen LogP) is 4.51. The molecule has 0 fully saturated rings. The summed E-state index contributed by atoms with van der Waals surface area (Å²) < 4.78 is 38.5. The zero-order valence-corrected chi connectivity index (χ0v) is 16.1. The minimum Gasteiger partial charge on any atom is -0.324 e. The van der Waals surface area contributed by atoms with E-state index in [4.69, 9.17) is 11.6 Å². The average molecular weight is 420 g/mol. The Hall–Kier alpha value is -2.00. The van der Waals surface area contributed by atoms with Crippen LogP contribution < -0.4 is 10.9 Å². The number of aromatic nitrogens is 2. The van der Waals surface area contributed by atoms with Crippen LogP contribution in [0.25, 0.3) is 0 Å². The summed E-state index contributed by atoms with van der Waals surface area (Å²) in [6.45, 7) is 3.50. The number of thioether (sulfide) groups is 1. The molecule has 0 aliphatic heterocycles. The van der Waals surface area contributed by atoms with Gasteiger partial charge < -0.3 is 10.3 Å². The number of rotatable bonds is 6. The molecule has 0 aliphatic rings. The highest BCUT2D eigenvalue weighted by Crippen LogP contribution is 2.34. The number of nitrogens with zero attached hydrogens (tertiary/aromatic N) is 1. The van der Waals surface area contributed by atoms with Gasteiger partial charge in [0.2, 0.25) is 5.91 Å². The molecule has 2 N–H and O–H groups in total. The summed E-state index contributed by atoms with van der Waals surface area (Å²) in [6, 6.07) is 4.08. The van der Waals surface area contributed by atoms with E-state index in [1.807, 2.05) is 6.92 Å². The molecule has 0 saturated carbocycles. The van der Waals surface area contributed by atoms with E-state index in [2.05, 4.69) is 15.3 Å². The van der Waals surface area contributed by atoms with Gasteiger partial charge in [-0.2, -0.15) is 13.2 Å². The van der Waals surface area contributed by atoms with Crippen LogP contribution in [0.2, 0.25) is 5.02 Å². The highest BCUT2D eigenvalue weighted by atomic mass is 35.5. The number of H-pyrrole nitrogens is 1. The summed E-state index contributed by atoms with van der Waals surface area (Å²) in [5, 5.41) is 1.92. The molecule has 1 heterocycles. The van der Waals surface area contributed by atoms with Crippen molar-refractivity contribution in [2.45, 2.75) is 43.3 Å². The van der Waals surface area contributed by atoms with Crippen LogP contribution in [0.4, 0.5) is 18.9 Å². The minimum absolute atomic E-state index is 0.00924. The van der Waals surface area contributed by atoms with E-state index in [-0.39, 0.29) is 21.4 Å². The number of hydrogen-bond donors (Lipinski definition) is 2. The molecular formula is C17H17ClF3N3O2S. The number of halogens is 4. The van der Waals surface area contributed by atoms with Crippen molar-refractivity contribution in [3.8, 4) is 0 Å². The Bertz CT molecular complexity index is 886. The van der Waals surface area contributed by atoms with E-state index >= 15 is 0 Å². The lowest BCUT2D eigenvalue weighted by molar-refractivity contribution is -0.137. The Morgan fingerprint density at radius 3 is 2.70 bits per heavy atom. The van der Waals surface area contributed by atoms with Crippen LogP contribution in [0.15, 0.2) is 34.2 Å². The quantitative estimate of drug-likeness (QED) is 0.533. The molecule has 27 heavy (non-hydrogen) atoms. The van der Waals surface area contributed by atoms with Crippen molar-refractivity contribution in [1.29, 1.82) is 0 Å². The first kappa shape index (κ1) is 21.3. The largest absolute Gasteiger partial charge is 0.416 e. The summed E-state index contributed by atoms with van der Waals surface area (Å²) in [4.78, 5) is 30.8. The summed E-state index contributed by atoms with van der Waals surface area (Å²) in [7, 11) is 0. The van der Waals surface area contributed by atoms with E-state index in [0.717, 1.165) is 36.4 Å². The first-order chi connectivity index (χ1) is 12.6. The second-order valence-electron chi connectivity index (χ2n) is 5.73. The van der Waals surface area contributed by atoms with Gasteiger partial charge in [0.25, 0.3) is 5.56 Å². The molecular weight excluding hydrogens is 403 g/mol. The molecule has 0 radical (unpaired) electrons. The molecule has 1 amide bonds. The SMILES string of the molecule is CCCc1cc(=O)[nH]c(SC(C)C(=O)Nc2cc(C(F)(F)F)ccc2Cl)n1. The van der Waals surface area contributed by atoms with Crippen molar-refractivity contribution < 1.29 is 18.0 Å². The highest BCUT2D eigenvalue weighted by molar-refractivity contribution is 8.00. The third-order valence-electron chi connectivity index (χ3n) is 3.49. The normalized spacial score (nSPS) is 12.7. The zero-order chi connectivity index (χ0) is 20.2. The number of aromatic amines is 1. The molecule has 5 nitrogen and oxygen atoms in total. The Balaban J connectivity index is 2.14. The Labute approximate surface area is 162 Å². The smallest absolute Gasteiger partial charge is 0.324 e. The van der Waals surface area contributed by atoms with Crippen LogP contribution in [0.1, 0.15) is 31.5 Å². The fourth-order valence-electron chi connectivity index (χ4n) is 2.18. The third kappa shape index (κ3) is 6.00. The Kier molecular flexibility index (Phi) is 6.94. The van der Waals surface area contributed by atoms with E-state index in [1.165, 1.54) is 6.07 Å². The van der Waals surface area contributed by atoms with Crippen molar-refractivity contribution in [3.05, 3.63) is 50.9 Å². The minimum atomic E-state index is -4.55. The van der Waals surface area contributed by atoms with Crippen LogP contribution in [-0.2, 0) is 17.4 Å². The van der Waals surface area contributed by atoms with Gasteiger partial charge >= 0.3 is 6.18 Å². The first-order valence-electron chi connectivity index (χ1n) is 8.04. The fourth-order valence-corrected chi connectivity index (χ4v) is 3.17. The van der Waals surface area contributed by atoms with E-state index in [9.17, 15) is 22.8 Å². The van der Waals surface area contributed by atoms with Crippen molar-refractivity contribution in [2.75, 3.05) is 5.32 Å². The summed E-state index contributed by atoms with van der Waals surface area (Å²) >= 11 is 6.88. The van der Waals surface area contributed by atoms with Crippen molar-refractivity contribution in [3.63, 3.8) is 0 Å². The van der Waals surface area contributed by atoms with E-state index in [1.54, 1.807) is 6.92 Å². The molecule has 1 aromatic heterocycles. The van der Waals surface area contributed by atoms with Gasteiger partial charge in [-0.1, -0.05) is 36.7 Å². The first-order valence-corrected chi connectivity index (χ1v) is 9.30. The lowest BCUT2D eigenvalue weighted by atomic mass is 10.2. The lowest BCUT2D eigenvalue weighted by Crippen LogP contribution is -2.24. The third-order valence-corrected chi connectivity index (χ3v) is 4.80. The number of amides is 1. The number of alkyl halides is 3. The van der Waals surface area contributed by atoms with Crippen molar-refractivity contribution >= 4 is 35.0 Å². The molecule has 2 aromatic rings. The van der Waals surface area contributed by atoms with Gasteiger partial charge in [0, 0.05) is 11.8 Å². The summed E-state index contributed by atoms with van der Waals surface area (Å²) in [5.41, 5.74) is -0.771. The number of aryl methyl sites for hydroxylation is 1. The van der Waals surface area contributed by atoms with Gasteiger partial charge in [0.1, 0.15) is 0 Å². The fraction of sp³-hybridized carbons (Fsp3) is 0.353. The van der Waals surface area contributed by atoms with Gasteiger partial charge in [0.05, 0.1) is 21.5 Å². The average Bonchev–Trinajstić information content (AvgIpc) is 2.55. The van der Waals surface area contributed by atoms with Crippen LogP contribution in [0.5, 0.6) is 0 Å². The number of nitrogens with one attached hydrogen (secondary N) is 2. The van der Waals surface area contributed by atoms with Crippen LogP contribution in [0.3, 0.4) is 0 Å². The topological polar surface area (TPSA) is 74.8 Å². The molecule has 146 valence electrons. The summed E-state index contributed by atoms with van der Waals surface area (Å²) in [5.74, 6) is -0.565. The van der Waals surface area contributed by atoms with Crippen molar-refractivity contribution in [2.24, 2.45) is 0 Å². The molecule has 0 spiro atoms. The van der Waals surface area contributed by atoms with Gasteiger partial charge in [0.15, 0.2) is 5.16 Å². The van der Waals surface area contributed by atoms with E-state index < -0.39 is 22.9 Å². The predicted molar refractivity (Wildman–Crippen MR) is 99.3 cm³/mol. The molecule has 0 saturated heterocycles. The second-order valence-corrected chi connectivity index (χ2v) is 7.47. The lowest BCUT2D eigenvalue weighted by Gasteiger charge is -2.14. The zero-order valence-electron chi connectivity index (χ0n) is 14.5. The number of carbonyl (C=O) groups excluding carboxylic acids is 1. The highest BCUT2D eigenvalue weighted by Gasteiger charge is 2.31. The van der Waals surface area contributed by atoms with Gasteiger partial charge in [-0.3, -0.25) is 9.59 Å². The molecule has 2 rings (SSSR count). The molecule has 0 bridgehead atoms. The number of hydrogen-bond acceptors (Lipinski definition) is 4. The number of benzene rings is 1. The van der Waals surface area contributed by atoms with Crippen molar-refractivity contribution in [1.82, 2.24) is 9.97 Å².